The number of aliphatic hydroxyl groups is 2. The summed E-state index contributed by atoms with van der Waals surface area (Å²) in [5.41, 5.74) is 0.666. The molecule has 3 heterocycles. The largest absolute Gasteiger partial charge is 0.486 e. The molecule has 0 amide bonds. The maximum absolute atomic E-state index is 10.9. The van der Waals surface area contributed by atoms with Gasteiger partial charge in [0.15, 0.2) is 0 Å². The second-order valence-electron chi connectivity index (χ2n) is 6.88. The number of thiazole rings is 1. The topological polar surface area (TPSA) is 147 Å². The van der Waals surface area contributed by atoms with E-state index in [0.29, 0.717) is 21.8 Å². The molecule has 0 spiro atoms. The summed E-state index contributed by atoms with van der Waals surface area (Å²) in [4.78, 5) is 4.65. The zero-order valence-electron chi connectivity index (χ0n) is 16.6. The normalized spacial score (nSPS) is 25.5. The van der Waals surface area contributed by atoms with Gasteiger partial charge in [-0.2, -0.15) is 5.26 Å². The molecule has 3 N–H and O–H groups in total. The van der Waals surface area contributed by atoms with Crippen LogP contribution >= 0.6 is 39.0 Å². The third-order valence-electron chi connectivity index (χ3n) is 4.97. The minimum absolute atomic E-state index is 0.0884. The van der Waals surface area contributed by atoms with Crippen LogP contribution < -0.4 is 0 Å². The van der Waals surface area contributed by atoms with Gasteiger partial charge in [0.25, 0.3) is 5.19 Å². The highest BCUT2D eigenvalue weighted by molar-refractivity contribution is 9.10. The van der Waals surface area contributed by atoms with E-state index in [1.807, 2.05) is 0 Å². The molecule has 1 aliphatic heterocycles. The van der Waals surface area contributed by atoms with E-state index in [-0.39, 0.29) is 5.19 Å². The molecule has 0 aliphatic carbocycles. The van der Waals surface area contributed by atoms with Crippen molar-refractivity contribution in [2.75, 3.05) is 13.7 Å². The van der Waals surface area contributed by atoms with Crippen LogP contribution in [-0.4, -0.2) is 72.8 Å². The van der Waals surface area contributed by atoms with Crippen molar-refractivity contribution in [1.29, 1.82) is 5.26 Å². The van der Waals surface area contributed by atoms with Gasteiger partial charge in [-0.15, -0.1) is 5.10 Å². The van der Waals surface area contributed by atoms with E-state index in [2.05, 4.69) is 37.3 Å². The molecule has 2 aromatic heterocycles. The predicted molar refractivity (Wildman–Crippen MR) is 119 cm³/mol. The number of benzene rings is 1. The van der Waals surface area contributed by atoms with Gasteiger partial charge in [-0.05, 0) is 18.2 Å². The molecule has 1 aromatic carbocycles. The van der Waals surface area contributed by atoms with Gasteiger partial charge in [-0.1, -0.05) is 44.2 Å². The molecule has 1 aliphatic rings. The van der Waals surface area contributed by atoms with Gasteiger partial charge in [0.1, 0.15) is 47.2 Å². The summed E-state index contributed by atoms with van der Waals surface area (Å²) in [7, 11) is 1.49. The molecule has 0 saturated carbocycles. The predicted octanol–water partition coefficient (Wildman–Crippen LogP) is 2.17. The van der Waals surface area contributed by atoms with Gasteiger partial charge >= 0.3 is 0 Å². The summed E-state index contributed by atoms with van der Waals surface area (Å²) in [5.74, 6) is 0. The zero-order chi connectivity index (χ0) is 22.8. The smallest absolute Gasteiger partial charge is 0.271 e. The number of nitrogens with zero attached hydrogens (tertiary/aromatic N) is 5. The lowest BCUT2D eigenvalue weighted by Crippen LogP contribution is -2.55. The van der Waals surface area contributed by atoms with Crippen molar-refractivity contribution in [3.8, 4) is 22.7 Å². The summed E-state index contributed by atoms with van der Waals surface area (Å²) in [5, 5.41) is 49.5. The lowest BCUT2D eigenvalue weighted by molar-refractivity contribution is -0.186. The molecule has 13 heteroatoms. The Kier molecular flexibility index (Phi) is 7.11. The van der Waals surface area contributed by atoms with Crippen LogP contribution in [0.25, 0.3) is 11.4 Å². The Bertz CT molecular complexity index is 1140. The Hall–Kier alpha value is -2.05. The highest BCUT2D eigenvalue weighted by atomic mass is 79.9. The highest BCUT2D eigenvalue weighted by Gasteiger charge is 2.47. The molecule has 32 heavy (non-hydrogen) atoms. The monoisotopic (exact) mass is 539 g/mol. The van der Waals surface area contributed by atoms with Crippen molar-refractivity contribution < 1.29 is 24.8 Å². The molecule has 0 bridgehead atoms. The average molecular weight is 540 g/mol. The molecule has 0 radical (unpaired) electrons. The molecule has 4 rings (SSSR count). The Morgan fingerprint density at radius 3 is 2.88 bits per heavy atom. The van der Waals surface area contributed by atoms with Crippen LogP contribution in [0.4, 0.5) is 0 Å². The molecule has 168 valence electrons. The second-order valence-corrected chi connectivity index (χ2v) is 9.77. The number of thioether (sulfide) groups is 1. The summed E-state index contributed by atoms with van der Waals surface area (Å²) in [6.07, 6.45) is -1.15. The SMILES string of the molecule is CO[C@@H]1[C@@H](n2cc(-c3csc(O)n3)nn2)[C@@H](O)[C@@H](CO)O[C@@H]1Sc1cc(Br)ccc1C#N. The summed E-state index contributed by atoms with van der Waals surface area (Å²) in [6, 6.07) is 6.68. The van der Waals surface area contributed by atoms with Gasteiger partial charge in [-0.3, -0.25) is 0 Å². The molecular formula is C19H18BrN5O5S2. The van der Waals surface area contributed by atoms with Crippen LogP contribution in [0, 0.1) is 11.3 Å². The number of nitriles is 1. The quantitative estimate of drug-likeness (QED) is 0.425. The maximum atomic E-state index is 10.9. The number of hydrogen-bond acceptors (Lipinski definition) is 11. The first-order chi connectivity index (χ1) is 15.4. The first kappa shape index (κ1) is 23.1. The Morgan fingerprint density at radius 2 is 2.22 bits per heavy atom. The minimum atomic E-state index is -1.14. The number of aromatic nitrogens is 4. The fourth-order valence-corrected chi connectivity index (χ4v) is 5.79. The van der Waals surface area contributed by atoms with Crippen LogP contribution in [0.2, 0.25) is 0 Å². The molecule has 5 atom stereocenters. The van der Waals surface area contributed by atoms with Crippen molar-refractivity contribution in [3.05, 3.63) is 39.8 Å². The standard InChI is InChI=1S/C19H18BrN5O5S2/c1-29-17-15(25-6-11(23-24-25)12-8-31-19(28)22-12)16(27)13(7-26)30-18(17)32-14-4-10(20)3-2-9(14)5-21/h2-4,6,8,13,15-18,26-27H,7H2,1H3,(H,22,28)/t13-,15+,16+,17-,18-/m1/s1. The number of hydrogen-bond donors (Lipinski definition) is 3. The Morgan fingerprint density at radius 1 is 1.41 bits per heavy atom. The zero-order valence-corrected chi connectivity index (χ0v) is 19.8. The summed E-state index contributed by atoms with van der Waals surface area (Å²) >= 11 is 5.74. The molecular weight excluding hydrogens is 522 g/mol. The fourth-order valence-electron chi connectivity index (χ4n) is 3.44. The van der Waals surface area contributed by atoms with Crippen molar-refractivity contribution >= 4 is 39.0 Å². The average Bonchev–Trinajstić information content (AvgIpc) is 3.43. The van der Waals surface area contributed by atoms with Gasteiger partial charge < -0.3 is 24.8 Å². The molecule has 0 unspecified atom stereocenters. The van der Waals surface area contributed by atoms with Crippen LogP contribution in [0.5, 0.6) is 5.19 Å². The van der Waals surface area contributed by atoms with Crippen molar-refractivity contribution in [3.63, 3.8) is 0 Å². The van der Waals surface area contributed by atoms with E-state index >= 15 is 0 Å². The molecule has 10 nitrogen and oxygen atoms in total. The van der Waals surface area contributed by atoms with Crippen LogP contribution in [0.1, 0.15) is 11.6 Å². The Balaban J connectivity index is 1.68. The molecule has 1 fully saturated rings. The number of aromatic hydroxyl groups is 1. The lowest BCUT2D eigenvalue weighted by atomic mass is 9.97. The lowest BCUT2D eigenvalue weighted by Gasteiger charge is -2.43. The van der Waals surface area contributed by atoms with E-state index < -0.39 is 36.4 Å². The second kappa shape index (κ2) is 9.84. The molecule has 3 aromatic rings. The Labute approximate surface area is 199 Å². The summed E-state index contributed by atoms with van der Waals surface area (Å²) < 4.78 is 13.9. The fraction of sp³-hybridized carbons (Fsp3) is 0.368. The maximum Gasteiger partial charge on any atom is 0.271 e. The number of rotatable bonds is 6. The van der Waals surface area contributed by atoms with E-state index in [9.17, 15) is 20.6 Å². The van der Waals surface area contributed by atoms with Gasteiger partial charge in [0.05, 0.1) is 18.4 Å². The first-order valence-electron chi connectivity index (χ1n) is 9.35. The van der Waals surface area contributed by atoms with E-state index in [1.165, 1.54) is 23.6 Å². The minimum Gasteiger partial charge on any atom is -0.486 e. The number of ether oxygens (including phenoxy) is 2. The van der Waals surface area contributed by atoms with Crippen molar-refractivity contribution in [1.82, 2.24) is 20.0 Å². The number of halogens is 1. The van der Waals surface area contributed by atoms with Crippen LogP contribution in [0.15, 0.2) is 39.1 Å². The van der Waals surface area contributed by atoms with Gasteiger partial charge in [-0.25, -0.2) is 9.67 Å². The number of aliphatic hydroxyl groups excluding tert-OH is 2. The van der Waals surface area contributed by atoms with Gasteiger partial charge in [0, 0.05) is 21.9 Å². The van der Waals surface area contributed by atoms with Crippen LogP contribution in [-0.2, 0) is 9.47 Å². The van der Waals surface area contributed by atoms with Crippen molar-refractivity contribution in [2.45, 2.75) is 34.7 Å². The first-order valence-corrected chi connectivity index (χ1v) is 11.9. The molecule has 1 saturated heterocycles. The number of methoxy groups -OCH3 is 1. The van der Waals surface area contributed by atoms with E-state index in [1.54, 1.807) is 29.8 Å². The highest BCUT2D eigenvalue weighted by Crippen LogP contribution is 2.41. The van der Waals surface area contributed by atoms with Crippen LogP contribution in [0.3, 0.4) is 0 Å². The van der Waals surface area contributed by atoms with E-state index in [4.69, 9.17) is 9.47 Å². The third-order valence-corrected chi connectivity index (χ3v) is 7.31. The summed E-state index contributed by atoms with van der Waals surface area (Å²) in [6.45, 7) is -0.420. The van der Waals surface area contributed by atoms with Crippen molar-refractivity contribution in [2.24, 2.45) is 0 Å². The third kappa shape index (κ3) is 4.53. The van der Waals surface area contributed by atoms with Gasteiger partial charge in [0.2, 0.25) is 0 Å². The van der Waals surface area contributed by atoms with E-state index in [0.717, 1.165) is 15.8 Å².